The number of nitrogens with one attached hydrogen (secondary N) is 1. The molecule has 14 heavy (non-hydrogen) atoms. The highest BCUT2D eigenvalue weighted by Crippen LogP contribution is 2.13. The van der Waals surface area contributed by atoms with Gasteiger partial charge in [0.05, 0.1) is 12.8 Å². The molecule has 0 saturated carbocycles. The monoisotopic (exact) mass is 195 g/mol. The van der Waals surface area contributed by atoms with Crippen molar-refractivity contribution in [2.24, 2.45) is 5.92 Å². The maximum Gasteiger partial charge on any atom is 0.117 e. The van der Waals surface area contributed by atoms with Gasteiger partial charge in [-0.25, -0.2) is 0 Å². The minimum absolute atomic E-state index is 0.777. The largest absolute Gasteiger partial charge is 0.468 e. The maximum atomic E-state index is 5.31. The highest BCUT2D eigenvalue weighted by atomic mass is 16.5. The van der Waals surface area contributed by atoms with Gasteiger partial charge in [-0.2, -0.15) is 0 Å². The summed E-state index contributed by atoms with van der Waals surface area (Å²) in [7, 11) is 0. The SMILES string of the molecule is c1coc(CNCC2CCOCC2)c1. The lowest BCUT2D eigenvalue weighted by Gasteiger charge is -2.21. The third kappa shape index (κ3) is 2.86. The Bertz CT molecular complexity index is 240. The fourth-order valence-corrected chi connectivity index (χ4v) is 1.76. The molecule has 1 N–H and O–H groups in total. The second kappa shape index (κ2) is 5.17. The smallest absolute Gasteiger partial charge is 0.117 e. The van der Waals surface area contributed by atoms with Crippen LogP contribution in [0.4, 0.5) is 0 Å². The summed E-state index contributed by atoms with van der Waals surface area (Å²) in [6.07, 6.45) is 4.09. The van der Waals surface area contributed by atoms with Gasteiger partial charge in [0, 0.05) is 13.2 Å². The zero-order valence-electron chi connectivity index (χ0n) is 8.37. The lowest BCUT2D eigenvalue weighted by molar-refractivity contribution is 0.0661. The van der Waals surface area contributed by atoms with Gasteiger partial charge >= 0.3 is 0 Å². The molecule has 0 radical (unpaired) electrons. The zero-order valence-corrected chi connectivity index (χ0v) is 8.37. The first-order valence-electron chi connectivity index (χ1n) is 5.26. The molecule has 0 atom stereocenters. The molecular formula is C11H17NO2. The van der Waals surface area contributed by atoms with E-state index in [1.54, 1.807) is 6.26 Å². The van der Waals surface area contributed by atoms with Crippen molar-refractivity contribution in [1.82, 2.24) is 5.32 Å². The molecule has 3 nitrogen and oxygen atoms in total. The van der Waals surface area contributed by atoms with Gasteiger partial charge in [-0.05, 0) is 37.4 Å². The molecule has 0 aromatic carbocycles. The number of furan rings is 1. The first kappa shape index (κ1) is 9.74. The molecule has 0 spiro atoms. The van der Waals surface area contributed by atoms with Crippen molar-refractivity contribution in [3.63, 3.8) is 0 Å². The van der Waals surface area contributed by atoms with Crippen molar-refractivity contribution in [2.75, 3.05) is 19.8 Å². The average molecular weight is 195 g/mol. The Morgan fingerprint density at radius 1 is 1.36 bits per heavy atom. The standard InChI is InChI=1S/C11H17NO2/c1-2-11(14-5-1)9-12-8-10-3-6-13-7-4-10/h1-2,5,10,12H,3-4,6-9H2. The van der Waals surface area contributed by atoms with E-state index in [-0.39, 0.29) is 0 Å². The average Bonchev–Trinajstić information content (AvgIpc) is 2.72. The van der Waals surface area contributed by atoms with Crippen molar-refractivity contribution < 1.29 is 9.15 Å². The lowest BCUT2D eigenvalue weighted by Crippen LogP contribution is -2.27. The Balaban J connectivity index is 1.62. The molecule has 78 valence electrons. The van der Waals surface area contributed by atoms with E-state index in [4.69, 9.17) is 9.15 Å². The summed E-state index contributed by atoms with van der Waals surface area (Å²) in [5.41, 5.74) is 0. The van der Waals surface area contributed by atoms with Gasteiger partial charge in [0.1, 0.15) is 5.76 Å². The fraction of sp³-hybridized carbons (Fsp3) is 0.636. The molecule has 3 heteroatoms. The van der Waals surface area contributed by atoms with E-state index in [1.807, 2.05) is 12.1 Å². The van der Waals surface area contributed by atoms with Gasteiger partial charge in [0.2, 0.25) is 0 Å². The Morgan fingerprint density at radius 2 is 2.21 bits per heavy atom. The molecule has 1 saturated heterocycles. The Kier molecular flexibility index (Phi) is 3.60. The van der Waals surface area contributed by atoms with Crippen molar-refractivity contribution in [1.29, 1.82) is 0 Å². The Hall–Kier alpha value is -0.800. The van der Waals surface area contributed by atoms with Crippen molar-refractivity contribution in [3.8, 4) is 0 Å². The quantitative estimate of drug-likeness (QED) is 0.795. The predicted octanol–water partition coefficient (Wildman–Crippen LogP) is 1.80. The van der Waals surface area contributed by atoms with E-state index in [9.17, 15) is 0 Å². The highest BCUT2D eigenvalue weighted by Gasteiger charge is 2.12. The normalized spacial score (nSPS) is 18.6. The first-order chi connectivity index (χ1) is 6.95. The molecule has 2 rings (SSSR count). The van der Waals surface area contributed by atoms with E-state index >= 15 is 0 Å². The predicted molar refractivity (Wildman–Crippen MR) is 54.0 cm³/mol. The number of ether oxygens (including phenoxy) is 1. The second-order valence-corrected chi connectivity index (χ2v) is 3.77. The van der Waals surface area contributed by atoms with Gasteiger partial charge in [-0.3, -0.25) is 0 Å². The van der Waals surface area contributed by atoms with Crippen LogP contribution in [0.5, 0.6) is 0 Å². The van der Waals surface area contributed by atoms with Crippen LogP contribution in [0, 0.1) is 5.92 Å². The van der Waals surface area contributed by atoms with Crippen molar-refractivity contribution in [3.05, 3.63) is 24.2 Å². The maximum absolute atomic E-state index is 5.31. The molecule has 1 fully saturated rings. The highest BCUT2D eigenvalue weighted by molar-refractivity contribution is 4.97. The van der Waals surface area contributed by atoms with E-state index in [1.165, 1.54) is 12.8 Å². The number of hydrogen-bond acceptors (Lipinski definition) is 3. The Labute approximate surface area is 84.4 Å². The van der Waals surface area contributed by atoms with Crippen LogP contribution in [-0.4, -0.2) is 19.8 Å². The number of rotatable bonds is 4. The molecule has 0 unspecified atom stereocenters. The van der Waals surface area contributed by atoms with Gasteiger partial charge in [0.25, 0.3) is 0 Å². The minimum atomic E-state index is 0.777. The minimum Gasteiger partial charge on any atom is -0.468 e. The van der Waals surface area contributed by atoms with E-state index in [0.717, 1.165) is 38.0 Å². The summed E-state index contributed by atoms with van der Waals surface area (Å²) in [4.78, 5) is 0. The van der Waals surface area contributed by atoms with Crippen LogP contribution < -0.4 is 5.32 Å². The van der Waals surface area contributed by atoms with Gasteiger partial charge in [0.15, 0.2) is 0 Å². The first-order valence-corrected chi connectivity index (χ1v) is 5.26. The van der Waals surface area contributed by atoms with Crippen LogP contribution in [0.2, 0.25) is 0 Å². The van der Waals surface area contributed by atoms with Crippen molar-refractivity contribution >= 4 is 0 Å². The summed E-state index contributed by atoms with van der Waals surface area (Å²) < 4.78 is 10.5. The molecule has 0 amide bonds. The molecule has 1 aliphatic rings. The van der Waals surface area contributed by atoms with Crippen LogP contribution in [0.15, 0.2) is 22.8 Å². The third-order valence-electron chi connectivity index (χ3n) is 2.65. The summed E-state index contributed by atoms with van der Waals surface area (Å²) >= 11 is 0. The lowest BCUT2D eigenvalue weighted by atomic mass is 10.0. The molecular weight excluding hydrogens is 178 g/mol. The zero-order chi connectivity index (χ0) is 9.64. The molecule has 0 aliphatic carbocycles. The van der Waals surface area contributed by atoms with Crippen LogP contribution in [0.3, 0.4) is 0 Å². The van der Waals surface area contributed by atoms with E-state index < -0.39 is 0 Å². The fourth-order valence-electron chi connectivity index (χ4n) is 1.76. The van der Waals surface area contributed by atoms with Crippen molar-refractivity contribution in [2.45, 2.75) is 19.4 Å². The summed E-state index contributed by atoms with van der Waals surface area (Å²) in [5, 5.41) is 3.41. The van der Waals surface area contributed by atoms with E-state index in [2.05, 4.69) is 5.32 Å². The second-order valence-electron chi connectivity index (χ2n) is 3.77. The van der Waals surface area contributed by atoms with Crippen LogP contribution in [0.25, 0.3) is 0 Å². The third-order valence-corrected chi connectivity index (χ3v) is 2.65. The van der Waals surface area contributed by atoms with Gasteiger partial charge in [-0.15, -0.1) is 0 Å². The van der Waals surface area contributed by atoms with Crippen LogP contribution >= 0.6 is 0 Å². The molecule has 0 bridgehead atoms. The van der Waals surface area contributed by atoms with Crippen LogP contribution in [0.1, 0.15) is 18.6 Å². The van der Waals surface area contributed by atoms with Gasteiger partial charge < -0.3 is 14.5 Å². The van der Waals surface area contributed by atoms with E-state index in [0.29, 0.717) is 0 Å². The molecule has 2 heterocycles. The molecule has 1 aromatic heterocycles. The van der Waals surface area contributed by atoms with Gasteiger partial charge in [-0.1, -0.05) is 0 Å². The Morgan fingerprint density at radius 3 is 2.93 bits per heavy atom. The molecule has 1 aromatic rings. The molecule has 1 aliphatic heterocycles. The summed E-state index contributed by atoms with van der Waals surface area (Å²) in [6, 6.07) is 3.92. The number of hydrogen-bond donors (Lipinski definition) is 1. The van der Waals surface area contributed by atoms with Crippen LogP contribution in [-0.2, 0) is 11.3 Å². The summed E-state index contributed by atoms with van der Waals surface area (Å²) in [6.45, 7) is 3.76. The summed E-state index contributed by atoms with van der Waals surface area (Å²) in [5.74, 6) is 1.79. The topological polar surface area (TPSA) is 34.4 Å².